The smallest absolute Gasteiger partial charge is 0.311 e. The summed E-state index contributed by atoms with van der Waals surface area (Å²) in [6.07, 6.45) is 0. The fourth-order valence-electron chi connectivity index (χ4n) is 1.79. The van der Waals surface area contributed by atoms with Gasteiger partial charge in [-0.1, -0.05) is 0 Å². The number of carboxylic acids is 1. The van der Waals surface area contributed by atoms with E-state index in [-0.39, 0.29) is 25.2 Å². The van der Waals surface area contributed by atoms with Crippen LogP contribution in [0.3, 0.4) is 0 Å². The van der Waals surface area contributed by atoms with Crippen LogP contribution in [0.5, 0.6) is 0 Å². The Morgan fingerprint density at radius 3 is 2.88 bits per heavy atom. The maximum atomic E-state index is 11.7. The lowest BCUT2D eigenvalue weighted by Gasteiger charge is -2.18. The molecule has 2 saturated heterocycles. The van der Waals surface area contributed by atoms with Crippen LogP contribution >= 0.6 is 11.8 Å². The van der Waals surface area contributed by atoms with Gasteiger partial charge < -0.3 is 15.2 Å². The molecule has 7 heteroatoms. The molecule has 0 aliphatic carbocycles. The van der Waals surface area contributed by atoms with Crippen molar-refractivity contribution in [3.63, 3.8) is 0 Å². The summed E-state index contributed by atoms with van der Waals surface area (Å²) in [7, 11) is 0. The van der Waals surface area contributed by atoms with E-state index < -0.39 is 17.9 Å². The second kappa shape index (κ2) is 5.03. The van der Waals surface area contributed by atoms with Gasteiger partial charge in [0.25, 0.3) is 0 Å². The van der Waals surface area contributed by atoms with E-state index in [9.17, 15) is 9.59 Å². The van der Waals surface area contributed by atoms with Crippen molar-refractivity contribution in [3.05, 3.63) is 0 Å². The molecule has 0 aromatic rings. The van der Waals surface area contributed by atoms with Crippen molar-refractivity contribution >= 4 is 23.6 Å². The van der Waals surface area contributed by atoms with Crippen LogP contribution in [-0.2, 0) is 14.3 Å². The summed E-state index contributed by atoms with van der Waals surface area (Å²) >= 11 is 1.66. The minimum Gasteiger partial charge on any atom is -0.481 e. The third-order valence-corrected chi connectivity index (χ3v) is 3.70. The van der Waals surface area contributed by atoms with Crippen molar-refractivity contribution < 1.29 is 19.4 Å². The zero-order valence-corrected chi connectivity index (χ0v) is 9.46. The van der Waals surface area contributed by atoms with Crippen molar-refractivity contribution in [2.75, 3.05) is 24.8 Å². The van der Waals surface area contributed by atoms with Crippen LogP contribution in [0, 0.1) is 5.92 Å². The van der Waals surface area contributed by atoms with E-state index in [1.807, 2.05) is 0 Å². The Labute approximate surface area is 97.1 Å². The lowest BCUT2D eigenvalue weighted by Crippen LogP contribution is -2.50. The summed E-state index contributed by atoms with van der Waals surface area (Å²) in [5.41, 5.74) is 0. The lowest BCUT2D eigenvalue weighted by molar-refractivity contribution is -0.142. The van der Waals surface area contributed by atoms with Gasteiger partial charge in [0.05, 0.1) is 25.3 Å². The quantitative estimate of drug-likeness (QED) is 0.584. The summed E-state index contributed by atoms with van der Waals surface area (Å²) in [4.78, 5) is 22.6. The molecule has 3 unspecified atom stereocenters. The van der Waals surface area contributed by atoms with Crippen LogP contribution in [-0.4, -0.2) is 53.9 Å². The highest BCUT2D eigenvalue weighted by Crippen LogP contribution is 2.15. The zero-order valence-electron chi connectivity index (χ0n) is 8.64. The predicted octanol–water partition coefficient (Wildman–Crippen LogP) is -1.14. The van der Waals surface area contributed by atoms with E-state index in [2.05, 4.69) is 10.6 Å². The van der Waals surface area contributed by atoms with Gasteiger partial charge in [0.15, 0.2) is 0 Å². The normalized spacial score (nSPS) is 33.9. The number of rotatable bonds is 3. The lowest BCUT2D eigenvalue weighted by atomic mass is 10.0. The SMILES string of the molecule is O=C(NC1COCC1C(=O)O)C1CSCN1. The van der Waals surface area contributed by atoms with E-state index >= 15 is 0 Å². The molecule has 6 nitrogen and oxygen atoms in total. The Kier molecular flexibility index (Phi) is 3.67. The minimum absolute atomic E-state index is 0.133. The molecule has 3 atom stereocenters. The number of carbonyl (C=O) groups is 2. The Balaban J connectivity index is 1.88. The first kappa shape index (κ1) is 11.7. The molecule has 2 fully saturated rings. The molecule has 0 saturated carbocycles. The van der Waals surface area contributed by atoms with Crippen molar-refractivity contribution in [3.8, 4) is 0 Å². The van der Waals surface area contributed by atoms with Crippen LogP contribution in [0.2, 0.25) is 0 Å². The summed E-state index contributed by atoms with van der Waals surface area (Å²) in [6, 6.07) is -0.613. The van der Waals surface area contributed by atoms with Crippen LogP contribution < -0.4 is 10.6 Å². The Morgan fingerprint density at radius 2 is 2.25 bits per heavy atom. The summed E-state index contributed by atoms with van der Waals surface area (Å²) in [5, 5.41) is 14.7. The Morgan fingerprint density at radius 1 is 1.44 bits per heavy atom. The number of carboxylic acid groups (broad SMARTS) is 1. The molecule has 16 heavy (non-hydrogen) atoms. The Hall–Kier alpha value is -0.790. The maximum Gasteiger partial charge on any atom is 0.311 e. The summed E-state index contributed by atoms with van der Waals surface area (Å²) in [5.74, 6) is -0.181. The van der Waals surface area contributed by atoms with Gasteiger partial charge in [0.2, 0.25) is 5.91 Å². The van der Waals surface area contributed by atoms with Crippen LogP contribution in [0.1, 0.15) is 0 Å². The average Bonchev–Trinajstić information content (AvgIpc) is 2.86. The molecule has 2 heterocycles. The summed E-state index contributed by atoms with van der Waals surface area (Å²) < 4.78 is 5.07. The molecule has 90 valence electrons. The molecule has 0 aromatic carbocycles. The molecule has 2 rings (SSSR count). The van der Waals surface area contributed by atoms with Crippen LogP contribution in [0.25, 0.3) is 0 Å². The number of amides is 1. The van der Waals surface area contributed by atoms with Crippen molar-refractivity contribution in [2.24, 2.45) is 5.92 Å². The third-order valence-electron chi connectivity index (χ3n) is 2.76. The maximum absolute atomic E-state index is 11.7. The first-order valence-corrected chi connectivity index (χ1v) is 6.26. The fourth-order valence-corrected chi connectivity index (χ4v) is 2.73. The molecular weight excluding hydrogens is 232 g/mol. The predicted molar refractivity (Wildman–Crippen MR) is 58.1 cm³/mol. The van der Waals surface area contributed by atoms with Crippen molar-refractivity contribution in [1.29, 1.82) is 0 Å². The van der Waals surface area contributed by atoms with Gasteiger partial charge in [0.1, 0.15) is 5.92 Å². The highest BCUT2D eigenvalue weighted by atomic mass is 32.2. The molecule has 0 bridgehead atoms. The second-order valence-corrected chi connectivity index (χ2v) is 4.90. The number of thioether (sulfide) groups is 1. The first-order valence-electron chi connectivity index (χ1n) is 5.10. The Bertz CT molecular complexity index is 293. The molecule has 1 amide bonds. The molecule has 0 radical (unpaired) electrons. The van der Waals surface area contributed by atoms with Gasteiger partial charge in [-0.3, -0.25) is 14.9 Å². The molecule has 0 aromatic heterocycles. The number of hydrogen-bond donors (Lipinski definition) is 3. The number of aliphatic carboxylic acids is 1. The van der Waals surface area contributed by atoms with E-state index in [1.165, 1.54) is 0 Å². The van der Waals surface area contributed by atoms with Crippen LogP contribution in [0.15, 0.2) is 0 Å². The van der Waals surface area contributed by atoms with E-state index in [1.54, 1.807) is 11.8 Å². The molecule has 2 aliphatic heterocycles. The highest BCUT2D eigenvalue weighted by molar-refractivity contribution is 7.99. The number of nitrogens with one attached hydrogen (secondary N) is 2. The monoisotopic (exact) mass is 246 g/mol. The molecule has 3 N–H and O–H groups in total. The topological polar surface area (TPSA) is 87.7 Å². The van der Waals surface area contributed by atoms with Gasteiger partial charge in [0, 0.05) is 11.6 Å². The standard InChI is InChI=1S/C9H14N2O4S/c12-8(7-3-16-4-10-7)11-6-2-15-1-5(6)9(13)14/h5-7,10H,1-4H2,(H,11,12)(H,13,14). The average molecular weight is 246 g/mol. The van der Waals surface area contributed by atoms with Crippen molar-refractivity contribution in [2.45, 2.75) is 12.1 Å². The number of ether oxygens (including phenoxy) is 1. The molecule has 2 aliphatic rings. The highest BCUT2D eigenvalue weighted by Gasteiger charge is 2.36. The third kappa shape index (κ3) is 2.47. The number of carbonyl (C=O) groups excluding carboxylic acids is 1. The van der Waals surface area contributed by atoms with Gasteiger partial charge in [-0.25, -0.2) is 0 Å². The second-order valence-electron chi connectivity index (χ2n) is 3.87. The fraction of sp³-hybridized carbons (Fsp3) is 0.778. The van der Waals surface area contributed by atoms with Gasteiger partial charge in [-0.2, -0.15) is 0 Å². The van der Waals surface area contributed by atoms with Gasteiger partial charge >= 0.3 is 5.97 Å². The summed E-state index contributed by atoms with van der Waals surface area (Å²) in [6.45, 7) is 0.454. The molecule has 0 spiro atoms. The minimum atomic E-state index is -0.920. The first-order chi connectivity index (χ1) is 7.68. The number of hydrogen-bond acceptors (Lipinski definition) is 5. The van der Waals surface area contributed by atoms with Crippen molar-refractivity contribution in [1.82, 2.24) is 10.6 Å². The van der Waals surface area contributed by atoms with Gasteiger partial charge in [-0.05, 0) is 0 Å². The molecular formula is C9H14N2O4S. The largest absolute Gasteiger partial charge is 0.481 e. The van der Waals surface area contributed by atoms with E-state index in [0.29, 0.717) is 0 Å². The zero-order chi connectivity index (χ0) is 11.5. The van der Waals surface area contributed by atoms with Gasteiger partial charge in [-0.15, -0.1) is 11.8 Å². The van der Waals surface area contributed by atoms with E-state index in [4.69, 9.17) is 9.84 Å². The van der Waals surface area contributed by atoms with E-state index in [0.717, 1.165) is 11.6 Å². The van der Waals surface area contributed by atoms with Crippen LogP contribution in [0.4, 0.5) is 0 Å².